The van der Waals surface area contributed by atoms with Crippen molar-refractivity contribution >= 4 is 11.9 Å². The Balaban J connectivity index is 2.06. The Bertz CT molecular complexity index is 300. The van der Waals surface area contributed by atoms with E-state index in [-0.39, 0.29) is 24.8 Å². The number of rotatable bonds is 2. The van der Waals surface area contributed by atoms with Crippen molar-refractivity contribution in [1.29, 1.82) is 0 Å². The molecule has 2 saturated heterocycles. The third-order valence-electron chi connectivity index (χ3n) is 3.13. The summed E-state index contributed by atoms with van der Waals surface area (Å²) in [4.78, 5) is 24.2. The molecule has 0 spiro atoms. The molecule has 6 heteroatoms. The highest BCUT2D eigenvalue weighted by Crippen LogP contribution is 2.23. The number of carbonyl (C=O) groups is 2. The maximum Gasteiger partial charge on any atom is 0.326 e. The number of carboxylic acids is 1. The lowest BCUT2D eigenvalue weighted by molar-refractivity contribution is -0.149. The van der Waals surface area contributed by atoms with Crippen LogP contribution in [0, 0.1) is 5.92 Å². The van der Waals surface area contributed by atoms with Gasteiger partial charge in [0.15, 0.2) is 0 Å². The molecule has 0 aromatic heterocycles. The van der Waals surface area contributed by atoms with Crippen molar-refractivity contribution < 1.29 is 24.5 Å². The van der Waals surface area contributed by atoms with Gasteiger partial charge in [-0.15, -0.1) is 0 Å². The number of carboxylic acid groups (broad SMARTS) is 1. The van der Waals surface area contributed by atoms with Gasteiger partial charge in [0.1, 0.15) is 6.04 Å². The molecule has 0 saturated carbocycles. The van der Waals surface area contributed by atoms with Crippen molar-refractivity contribution in [2.45, 2.75) is 25.0 Å². The van der Waals surface area contributed by atoms with Gasteiger partial charge in [-0.05, 0) is 6.42 Å². The van der Waals surface area contributed by atoms with E-state index in [2.05, 4.69) is 0 Å². The van der Waals surface area contributed by atoms with Gasteiger partial charge >= 0.3 is 5.97 Å². The van der Waals surface area contributed by atoms with E-state index < -0.39 is 18.1 Å². The van der Waals surface area contributed by atoms with Gasteiger partial charge in [-0.2, -0.15) is 0 Å². The highest BCUT2D eigenvalue weighted by atomic mass is 16.5. The molecule has 0 radical (unpaired) electrons. The Labute approximate surface area is 92.8 Å². The van der Waals surface area contributed by atoms with Crippen molar-refractivity contribution in [3.8, 4) is 0 Å². The average Bonchev–Trinajstić information content (AvgIpc) is 2.84. The van der Waals surface area contributed by atoms with Gasteiger partial charge in [0.05, 0.1) is 18.6 Å². The zero-order valence-electron chi connectivity index (χ0n) is 8.83. The van der Waals surface area contributed by atoms with Gasteiger partial charge in [0.2, 0.25) is 5.91 Å². The maximum absolute atomic E-state index is 12.0. The number of likely N-dealkylation sites (tertiary alicyclic amines) is 1. The number of aliphatic hydroxyl groups is 1. The smallest absolute Gasteiger partial charge is 0.326 e. The largest absolute Gasteiger partial charge is 0.480 e. The Kier molecular flexibility index (Phi) is 3.11. The molecule has 0 bridgehead atoms. The molecule has 2 N–H and O–H groups in total. The third kappa shape index (κ3) is 2.03. The van der Waals surface area contributed by atoms with E-state index in [4.69, 9.17) is 9.84 Å². The molecule has 2 aliphatic heterocycles. The summed E-state index contributed by atoms with van der Waals surface area (Å²) in [6.07, 6.45) is 0.0271. The van der Waals surface area contributed by atoms with Crippen LogP contribution in [0.2, 0.25) is 0 Å². The second-order valence-corrected chi connectivity index (χ2v) is 4.29. The highest BCUT2D eigenvalue weighted by Gasteiger charge is 2.41. The van der Waals surface area contributed by atoms with Gasteiger partial charge < -0.3 is 19.8 Å². The molecule has 0 aromatic carbocycles. The van der Waals surface area contributed by atoms with Crippen molar-refractivity contribution in [2.24, 2.45) is 5.92 Å². The summed E-state index contributed by atoms with van der Waals surface area (Å²) in [6, 6.07) is -0.886. The van der Waals surface area contributed by atoms with E-state index in [1.165, 1.54) is 4.90 Å². The van der Waals surface area contributed by atoms with Crippen LogP contribution in [0.5, 0.6) is 0 Å². The van der Waals surface area contributed by atoms with Crippen LogP contribution in [0.15, 0.2) is 0 Å². The molecule has 6 nitrogen and oxygen atoms in total. The topological polar surface area (TPSA) is 87.1 Å². The molecule has 3 unspecified atom stereocenters. The minimum Gasteiger partial charge on any atom is -0.480 e. The molecule has 2 rings (SSSR count). The molecule has 0 aliphatic carbocycles. The Morgan fingerprint density at radius 1 is 1.38 bits per heavy atom. The number of amides is 1. The Morgan fingerprint density at radius 2 is 2.12 bits per heavy atom. The second kappa shape index (κ2) is 4.39. The fraction of sp³-hybridized carbons (Fsp3) is 0.800. The van der Waals surface area contributed by atoms with Gasteiger partial charge in [-0.25, -0.2) is 4.79 Å². The van der Waals surface area contributed by atoms with Crippen molar-refractivity contribution in [3.05, 3.63) is 0 Å². The van der Waals surface area contributed by atoms with E-state index >= 15 is 0 Å². The van der Waals surface area contributed by atoms with Crippen LogP contribution in [0.25, 0.3) is 0 Å². The minimum absolute atomic E-state index is 0.117. The van der Waals surface area contributed by atoms with Crippen LogP contribution in [0.1, 0.15) is 12.8 Å². The van der Waals surface area contributed by atoms with E-state index in [0.29, 0.717) is 19.6 Å². The standard InChI is InChI=1S/C10H15NO5/c12-7-3-8(10(14)15)11(4-7)9(13)6-1-2-16-5-6/h6-8,12H,1-5H2,(H,14,15). The fourth-order valence-electron chi connectivity index (χ4n) is 2.26. The summed E-state index contributed by atoms with van der Waals surface area (Å²) >= 11 is 0. The highest BCUT2D eigenvalue weighted by molar-refractivity contribution is 5.86. The number of hydrogen-bond acceptors (Lipinski definition) is 4. The van der Waals surface area contributed by atoms with E-state index in [1.807, 2.05) is 0 Å². The lowest BCUT2D eigenvalue weighted by Gasteiger charge is -2.23. The van der Waals surface area contributed by atoms with E-state index in [0.717, 1.165) is 0 Å². The summed E-state index contributed by atoms with van der Waals surface area (Å²) in [5.74, 6) is -1.50. The number of carbonyl (C=O) groups excluding carboxylic acids is 1. The molecule has 16 heavy (non-hydrogen) atoms. The minimum atomic E-state index is -1.05. The first-order valence-electron chi connectivity index (χ1n) is 5.38. The number of hydrogen-bond donors (Lipinski definition) is 2. The average molecular weight is 229 g/mol. The first kappa shape index (κ1) is 11.3. The Hall–Kier alpha value is -1.14. The Morgan fingerprint density at radius 3 is 2.69 bits per heavy atom. The van der Waals surface area contributed by atoms with Gasteiger partial charge in [0.25, 0.3) is 0 Å². The van der Waals surface area contributed by atoms with Crippen molar-refractivity contribution in [3.63, 3.8) is 0 Å². The monoisotopic (exact) mass is 229 g/mol. The van der Waals surface area contributed by atoms with Crippen molar-refractivity contribution in [2.75, 3.05) is 19.8 Å². The van der Waals surface area contributed by atoms with Crippen molar-refractivity contribution in [1.82, 2.24) is 4.90 Å². The number of nitrogens with zero attached hydrogens (tertiary/aromatic N) is 1. The predicted octanol–water partition coefficient (Wildman–Crippen LogP) is -0.931. The van der Waals surface area contributed by atoms with Crippen LogP contribution < -0.4 is 0 Å². The van der Waals surface area contributed by atoms with Gasteiger partial charge in [0, 0.05) is 19.6 Å². The zero-order chi connectivity index (χ0) is 11.7. The number of β-amino-alcohol motifs (C(OH)–C–C–N with tert-alkyl or cyclic N) is 1. The SMILES string of the molecule is O=C(O)C1CC(O)CN1C(=O)C1CCOC1. The first-order valence-corrected chi connectivity index (χ1v) is 5.38. The van der Waals surface area contributed by atoms with Crippen LogP contribution in [-0.2, 0) is 14.3 Å². The molecule has 1 amide bonds. The predicted molar refractivity (Wildman–Crippen MR) is 52.7 cm³/mol. The molecule has 3 atom stereocenters. The van der Waals surface area contributed by atoms with Crippen LogP contribution in [0.4, 0.5) is 0 Å². The zero-order valence-corrected chi connectivity index (χ0v) is 8.83. The maximum atomic E-state index is 12.0. The lowest BCUT2D eigenvalue weighted by Crippen LogP contribution is -2.43. The molecular weight excluding hydrogens is 214 g/mol. The molecule has 2 heterocycles. The lowest BCUT2D eigenvalue weighted by atomic mass is 10.1. The summed E-state index contributed by atoms with van der Waals surface area (Å²) in [7, 11) is 0. The number of aliphatic carboxylic acids is 1. The third-order valence-corrected chi connectivity index (χ3v) is 3.13. The molecule has 0 aromatic rings. The fourth-order valence-corrected chi connectivity index (χ4v) is 2.26. The van der Waals surface area contributed by atoms with Gasteiger partial charge in [-0.3, -0.25) is 4.79 Å². The summed E-state index contributed by atoms with van der Waals surface area (Å²) in [6.45, 7) is 1.02. The van der Waals surface area contributed by atoms with E-state index in [9.17, 15) is 14.7 Å². The second-order valence-electron chi connectivity index (χ2n) is 4.29. The normalized spacial score (nSPS) is 34.3. The van der Waals surface area contributed by atoms with Crippen LogP contribution >= 0.6 is 0 Å². The molecule has 2 aliphatic rings. The summed E-state index contributed by atoms with van der Waals surface area (Å²) in [5, 5.41) is 18.4. The molecular formula is C10H15NO5. The first-order chi connectivity index (χ1) is 7.59. The number of ether oxygens (including phenoxy) is 1. The summed E-state index contributed by atoms with van der Waals surface area (Å²) in [5.41, 5.74) is 0. The summed E-state index contributed by atoms with van der Waals surface area (Å²) < 4.78 is 5.10. The molecule has 2 fully saturated rings. The van der Waals surface area contributed by atoms with Gasteiger partial charge in [-0.1, -0.05) is 0 Å². The van der Waals surface area contributed by atoms with E-state index in [1.54, 1.807) is 0 Å². The van der Waals surface area contributed by atoms with Crippen LogP contribution in [0.3, 0.4) is 0 Å². The molecule has 90 valence electrons. The quantitative estimate of drug-likeness (QED) is 0.638. The van der Waals surface area contributed by atoms with Crippen LogP contribution in [-0.4, -0.2) is 58.9 Å². The number of aliphatic hydroxyl groups excluding tert-OH is 1.